The molecular weight excluding hydrogens is 310 g/mol. The monoisotopic (exact) mass is 325 g/mol. The molecule has 0 spiro atoms. The first-order valence-corrected chi connectivity index (χ1v) is 8.33. The zero-order valence-corrected chi connectivity index (χ0v) is 13.3. The van der Waals surface area contributed by atoms with E-state index in [0.29, 0.717) is 5.92 Å². The van der Waals surface area contributed by atoms with Gasteiger partial charge in [0.15, 0.2) is 0 Å². The van der Waals surface area contributed by atoms with E-state index in [4.69, 9.17) is 11.6 Å². The lowest BCUT2D eigenvalue weighted by Crippen LogP contribution is -2.15. The predicted octanol–water partition coefficient (Wildman–Crippen LogP) is 3.13. The van der Waals surface area contributed by atoms with Gasteiger partial charge in [0, 0.05) is 6.20 Å². The molecule has 0 radical (unpaired) electrons. The number of halogens is 1. The van der Waals surface area contributed by atoms with E-state index < -0.39 is 10.0 Å². The zero-order valence-electron chi connectivity index (χ0n) is 11.7. The van der Waals surface area contributed by atoms with Crippen molar-refractivity contribution in [3.05, 3.63) is 47.2 Å². The lowest BCUT2D eigenvalue weighted by atomic mass is 10.0. The molecule has 0 aliphatic heterocycles. The number of sulfonamides is 1. The Bertz CT molecular complexity index is 715. The van der Waals surface area contributed by atoms with Crippen LogP contribution in [0.25, 0.3) is 0 Å². The Morgan fingerprint density at radius 2 is 1.86 bits per heavy atom. The van der Waals surface area contributed by atoms with Gasteiger partial charge in [0.25, 0.3) is 10.0 Å². The Balaban J connectivity index is 2.19. The van der Waals surface area contributed by atoms with Gasteiger partial charge in [-0.3, -0.25) is 0 Å². The standard InChI is InChI=1S/C14H16ClN3O2S/c1-10(2)9-11-3-5-12(6-4-11)21(19,20)18-14-16-8-7-13(15)17-14/h3-8,10H,9H2,1-2H3,(H,16,17,18). The lowest BCUT2D eigenvalue weighted by Gasteiger charge is -2.08. The molecule has 21 heavy (non-hydrogen) atoms. The number of anilines is 1. The van der Waals surface area contributed by atoms with Crippen molar-refractivity contribution in [3.8, 4) is 0 Å². The van der Waals surface area contributed by atoms with Crippen molar-refractivity contribution in [2.24, 2.45) is 5.92 Å². The number of benzene rings is 1. The first-order valence-electron chi connectivity index (χ1n) is 6.47. The maximum atomic E-state index is 12.2. The van der Waals surface area contributed by atoms with Crippen LogP contribution in [-0.4, -0.2) is 18.4 Å². The third kappa shape index (κ3) is 4.41. The van der Waals surface area contributed by atoms with Gasteiger partial charge in [0.1, 0.15) is 5.15 Å². The first-order chi connectivity index (χ1) is 9.87. The summed E-state index contributed by atoms with van der Waals surface area (Å²) in [5, 5.41) is 0.176. The Morgan fingerprint density at radius 3 is 2.43 bits per heavy atom. The minimum atomic E-state index is -3.71. The van der Waals surface area contributed by atoms with Crippen molar-refractivity contribution in [2.45, 2.75) is 25.2 Å². The smallest absolute Gasteiger partial charge is 0.247 e. The summed E-state index contributed by atoms with van der Waals surface area (Å²) in [6, 6.07) is 8.25. The van der Waals surface area contributed by atoms with Crippen LogP contribution in [0.3, 0.4) is 0 Å². The summed E-state index contributed by atoms with van der Waals surface area (Å²) >= 11 is 5.70. The molecule has 1 heterocycles. The number of hydrogen-bond donors (Lipinski definition) is 1. The minimum Gasteiger partial charge on any atom is -0.247 e. The number of aromatic nitrogens is 2. The highest BCUT2D eigenvalue weighted by Crippen LogP contribution is 2.16. The molecule has 1 N–H and O–H groups in total. The average Bonchev–Trinajstić information content (AvgIpc) is 2.38. The van der Waals surface area contributed by atoms with Gasteiger partial charge in [-0.25, -0.2) is 23.1 Å². The Labute approximate surface area is 129 Å². The molecule has 1 aromatic heterocycles. The fraction of sp³-hybridized carbons (Fsp3) is 0.286. The molecule has 0 amide bonds. The first kappa shape index (κ1) is 15.7. The van der Waals surface area contributed by atoms with Crippen LogP contribution in [0.1, 0.15) is 19.4 Å². The van der Waals surface area contributed by atoms with Crippen molar-refractivity contribution in [1.29, 1.82) is 0 Å². The molecule has 2 rings (SSSR count). The lowest BCUT2D eigenvalue weighted by molar-refractivity contribution is 0.600. The summed E-state index contributed by atoms with van der Waals surface area (Å²) in [6.45, 7) is 4.23. The maximum Gasteiger partial charge on any atom is 0.264 e. The van der Waals surface area contributed by atoms with Gasteiger partial charge in [0.05, 0.1) is 4.90 Å². The molecule has 0 saturated carbocycles. The molecule has 0 aliphatic carbocycles. The van der Waals surface area contributed by atoms with Crippen molar-refractivity contribution in [2.75, 3.05) is 4.72 Å². The SMILES string of the molecule is CC(C)Cc1ccc(S(=O)(=O)Nc2nccc(Cl)n2)cc1. The highest BCUT2D eigenvalue weighted by atomic mass is 35.5. The van der Waals surface area contributed by atoms with Gasteiger partial charge in [-0.05, 0) is 36.1 Å². The molecule has 0 saturated heterocycles. The fourth-order valence-electron chi connectivity index (χ4n) is 1.84. The van der Waals surface area contributed by atoms with E-state index in [0.717, 1.165) is 12.0 Å². The highest BCUT2D eigenvalue weighted by molar-refractivity contribution is 7.92. The summed E-state index contributed by atoms with van der Waals surface area (Å²) in [7, 11) is -3.71. The minimum absolute atomic E-state index is 0.0474. The summed E-state index contributed by atoms with van der Waals surface area (Å²) < 4.78 is 26.7. The van der Waals surface area contributed by atoms with Gasteiger partial charge < -0.3 is 0 Å². The third-order valence-corrected chi connectivity index (χ3v) is 4.28. The van der Waals surface area contributed by atoms with Crippen LogP contribution in [0, 0.1) is 5.92 Å². The number of rotatable bonds is 5. The van der Waals surface area contributed by atoms with Crippen LogP contribution in [-0.2, 0) is 16.4 Å². The van der Waals surface area contributed by atoms with Crippen LogP contribution in [0.4, 0.5) is 5.95 Å². The second kappa shape index (κ2) is 6.41. The van der Waals surface area contributed by atoms with Crippen LogP contribution in [0.15, 0.2) is 41.4 Å². The third-order valence-electron chi connectivity index (χ3n) is 2.72. The second-order valence-corrected chi connectivity index (χ2v) is 7.12. The molecule has 2 aromatic rings. The quantitative estimate of drug-likeness (QED) is 0.857. The van der Waals surface area contributed by atoms with E-state index in [-0.39, 0.29) is 16.0 Å². The van der Waals surface area contributed by atoms with Crippen LogP contribution in [0.2, 0.25) is 5.15 Å². The van der Waals surface area contributed by atoms with E-state index in [1.165, 1.54) is 12.3 Å². The number of nitrogens with zero attached hydrogens (tertiary/aromatic N) is 2. The topological polar surface area (TPSA) is 72.0 Å². The summed E-state index contributed by atoms with van der Waals surface area (Å²) in [4.78, 5) is 7.79. The van der Waals surface area contributed by atoms with Gasteiger partial charge in [-0.2, -0.15) is 0 Å². The van der Waals surface area contributed by atoms with Crippen molar-refractivity contribution >= 4 is 27.6 Å². The largest absolute Gasteiger partial charge is 0.264 e. The molecule has 7 heteroatoms. The summed E-state index contributed by atoms with van der Waals surface area (Å²) in [5.74, 6) is 0.471. The molecule has 112 valence electrons. The van der Waals surface area contributed by atoms with Crippen LogP contribution in [0.5, 0.6) is 0 Å². The molecule has 0 aliphatic rings. The van der Waals surface area contributed by atoms with Gasteiger partial charge >= 0.3 is 0 Å². The summed E-state index contributed by atoms with van der Waals surface area (Å²) in [6.07, 6.45) is 2.30. The average molecular weight is 326 g/mol. The van der Waals surface area contributed by atoms with E-state index in [1.54, 1.807) is 12.1 Å². The molecular formula is C14H16ClN3O2S. The Morgan fingerprint density at radius 1 is 1.19 bits per heavy atom. The van der Waals surface area contributed by atoms with Crippen molar-refractivity contribution < 1.29 is 8.42 Å². The van der Waals surface area contributed by atoms with Crippen molar-refractivity contribution in [3.63, 3.8) is 0 Å². The fourth-order valence-corrected chi connectivity index (χ4v) is 2.93. The molecule has 0 atom stereocenters. The molecule has 0 unspecified atom stereocenters. The van der Waals surface area contributed by atoms with Crippen LogP contribution >= 0.6 is 11.6 Å². The van der Waals surface area contributed by atoms with Gasteiger partial charge in [-0.15, -0.1) is 0 Å². The normalized spacial score (nSPS) is 11.6. The van der Waals surface area contributed by atoms with Gasteiger partial charge in [-0.1, -0.05) is 37.6 Å². The Kier molecular flexibility index (Phi) is 4.80. The van der Waals surface area contributed by atoms with E-state index in [2.05, 4.69) is 28.5 Å². The van der Waals surface area contributed by atoms with Gasteiger partial charge in [0.2, 0.25) is 5.95 Å². The highest BCUT2D eigenvalue weighted by Gasteiger charge is 2.15. The molecule has 0 fully saturated rings. The van der Waals surface area contributed by atoms with E-state index >= 15 is 0 Å². The molecule has 0 bridgehead atoms. The zero-order chi connectivity index (χ0) is 15.5. The predicted molar refractivity (Wildman–Crippen MR) is 82.8 cm³/mol. The van der Waals surface area contributed by atoms with Crippen molar-refractivity contribution in [1.82, 2.24) is 9.97 Å². The molecule has 1 aromatic carbocycles. The van der Waals surface area contributed by atoms with E-state index in [1.807, 2.05) is 12.1 Å². The maximum absolute atomic E-state index is 12.2. The second-order valence-electron chi connectivity index (χ2n) is 5.05. The molecule has 5 nitrogen and oxygen atoms in total. The number of hydrogen-bond acceptors (Lipinski definition) is 4. The Hall–Kier alpha value is -1.66. The number of nitrogens with one attached hydrogen (secondary N) is 1. The van der Waals surface area contributed by atoms with Crippen LogP contribution < -0.4 is 4.72 Å². The van der Waals surface area contributed by atoms with E-state index in [9.17, 15) is 8.42 Å². The summed E-state index contributed by atoms with van der Waals surface area (Å²) in [5.41, 5.74) is 1.10.